The van der Waals surface area contributed by atoms with E-state index in [2.05, 4.69) is 10.3 Å². The van der Waals surface area contributed by atoms with E-state index in [1.165, 1.54) is 4.57 Å². The van der Waals surface area contributed by atoms with Crippen molar-refractivity contribution in [2.45, 2.75) is 19.4 Å². The molecule has 21 heavy (non-hydrogen) atoms. The van der Waals surface area contributed by atoms with Crippen LogP contribution in [0.2, 0.25) is 0 Å². The Morgan fingerprint density at radius 3 is 2.71 bits per heavy atom. The van der Waals surface area contributed by atoms with E-state index >= 15 is 0 Å². The average molecular weight is 289 g/mol. The molecular formula is C14H15N3O4. The second kappa shape index (κ2) is 4.76. The number of fused-ring (bicyclic) bond motifs is 1. The van der Waals surface area contributed by atoms with Crippen molar-refractivity contribution < 1.29 is 14.7 Å². The number of hydrogen-bond donors (Lipinski definition) is 3. The second-order valence-corrected chi connectivity index (χ2v) is 5.40. The number of imidazole rings is 1. The highest BCUT2D eigenvalue weighted by molar-refractivity contribution is 5.82. The number of rotatable bonds is 5. The average Bonchev–Trinajstić information content (AvgIpc) is 3.19. The van der Waals surface area contributed by atoms with Gasteiger partial charge in [-0.2, -0.15) is 0 Å². The summed E-state index contributed by atoms with van der Waals surface area (Å²) in [7, 11) is 0. The zero-order chi connectivity index (χ0) is 15.0. The van der Waals surface area contributed by atoms with Crippen LogP contribution in [0.4, 0.5) is 0 Å². The minimum Gasteiger partial charge on any atom is -0.481 e. The number of aliphatic carboxylic acids is 1. The summed E-state index contributed by atoms with van der Waals surface area (Å²) in [5.74, 6) is -1.25. The molecule has 2 aromatic rings. The number of hydrogen-bond acceptors (Lipinski definition) is 3. The van der Waals surface area contributed by atoms with Crippen LogP contribution < -0.4 is 11.0 Å². The zero-order valence-corrected chi connectivity index (χ0v) is 11.3. The molecule has 1 fully saturated rings. The van der Waals surface area contributed by atoms with Crippen LogP contribution in [0.25, 0.3) is 11.0 Å². The number of H-pyrrole nitrogens is 1. The van der Waals surface area contributed by atoms with Crippen molar-refractivity contribution in [2.75, 3.05) is 6.54 Å². The molecule has 1 saturated carbocycles. The Labute approximate surface area is 119 Å². The SMILES string of the molecule is O=C(Cn1c(=O)[nH]c2ccccc21)NCC1(C(=O)O)CC1. The lowest BCUT2D eigenvalue weighted by atomic mass is 10.1. The van der Waals surface area contributed by atoms with Gasteiger partial charge in [-0.05, 0) is 25.0 Å². The van der Waals surface area contributed by atoms with Gasteiger partial charge in [-0.1, -0.05) is 12.1 Å². The first kappa shape index (κ1) is 13.4. The van der Waals surface area contributed by atoms with E-state index in [-0.39, 0.29) is 24.7 Å². The summed E-state index contributed by atoms with van der Waals surface area (Å²) in [6, 6.07) is 7.09. The summed E-state index contributed by atoms with van der Waals surface area (Å²) < 4.78 is 1.34. The molecule has 1 aliphatic carbocycles. The van der Waals surface area contributed by atoms with E-state index in [9.17, 15) is 14.4 Å². The molecule has 7 nitrogen and oxygen atoms in total. The van der Waals surface area contributed by atoms with Crippen molar-refractivity contribution in [3.05, 3.63) is 34.7 Å². The lowest BCUT2D eigenvalue weighted by Gasteiger charge is -2.11. The van der Waals surface area contributed by atoms with E-state index in [0.717, 1.165) is 0 Å². The summed E-state index contributed by atoms with van der Waals surface area (Å²) >= 11 is 0. The number of carboxylic acids is 1. The van der Waals surface area contributed by atoms with E-state index in [0.29, 0.717) is 23.9 Å². The Hall–Kier alpha value is -2.57. The summed E-state index contributed by atoms with van der Waals surface area (Å²) in [5.41, 5.74) is 0.156. The van der Waals surface area contributed by atoms with Crippen molar-refractivity contribution >= 4 is 22.9 Å². The molecule has 7 heteroatoms. The second-order valence-electron chi connectivity index (χ2n) is 5.40. The molecule has 0 atom stereocenters. The number of nitrogens with one attached hydrogen (secondary N) is 2. The molecule has 0 spiro atoms. The number of nitrogens with zero attached hydrogens (tertiary/aromatic N) is 1. The normalized spacial score (nSPS) is 15.8. The Balaban J connectivity index is 1.71. The molecule has 3 rings (SSSR count). The number of aromatic nitrogens is 2. The molecule has 0 bridgehead atoms. The molecule has 0 saturated heterocycles. The Bertz CT molecular complexity index is 770. The molecule has 1 aromatic carbocycles. The Morgan fingerprint density at radius 1 is 1.33 bits per heavy atom. The summed E-state index contributed by atoms with van der Waals surface area (Å²) in [4.78, 5) is 37.5. The third-order valence-electron chi connectivity index (χ3n) is 3.91. The van der Waals surface area contributed by atoms with Gasteiger partial charge in [0, 0.05) is 6.54 Å². The van der Waals surface area contributed by atoms with Crippen LogP contribution in [0, 0.1) is 5.41 Å². The minimum absolute atomic E-state index is 0.109. The van der Waals surface area contributed by atoms with E-state index < -0.39 is 11.4 Å². The molecule has 0 aliphatic heterocycles. The molecular weight excluding hydrogens is 274 g/mol. The maximum absolute atomic E-state index is 11.9. The van der Waals surface area contributed by atoms with Crippen LogP contribution in [0.1, 0.15) is 12.8 Å². The first-order chi connectivity index (χ1) is 10.0. The fourth-order valence-corrected chi connectivity index (χ4v) is 2.35. The molecule has 110 valence electrons. The maximum atomic E-state index is 11.9. The molecule has 1 heterocycles. The van der Waals surface area contributed by atoms with Gasteiger partial charge in [0.2, 0.25) is 5.91 Å². The number of amides is 1. The Morgan fingerprint density at radius 2 is 2.05 bits per heavy atom. The van der Waals surface area contributed by atoms with Crippen molar-refractivity contribution in [1.29, 1.82) is 0 Å². The molecule has 1 aliphatic rings. The van der Waals surface area contributed by atoms with Crippen LogP contribution in [0.15, 0.2) is 29.1 Å². The fraction of sp³-hybridized carbons (Fsp3) is 0.357. The van der Waals surface area contributed by atoms with Gasteiger partial charge in [0.25, 0.3) is 0 Å². The number of carboxylic acid groups (broad SMARTS) is 1. The highest BCUT2D eigenvalue weighted by Gasteiger charge is 2.50. The van der Waals surface area contributed by atoms with Crippen LogP contribution in [0.5, 0.6) is 0 Å². The monoisotopic (exact) mass is 289 g/mol. The van der Waals surface area contributed by atoms with E-state index in [1.54, 1.807) is 24.3 Å². The summed E-state index contributed by atoms with van der Waals surface area (Å²) in [6.45, 7) is -0.0170. The fourth-order valence-electron chi connectivity index (χ4n) is 2.35. The third kappa shape index (κ3) is 2.42. The predicted molar refractivity (Wildman–Crippen MR) is 74.9 cm³/mol. The molecule has 0 unspecified atom stereocenters. The number of aromatic amines is 1. The number of para-hydroxylation sites is 2. The highest BCUT2D eigenvalue weighted by Crippen LogP contribution is 2.45. The van der Waals surface area contributed by atoms with Gasteiger partial charge < -0.3 is 15.4 Å². The maximum Gasteiger partial charge on any atom is 0.326 e. The quantitative estimate of drug-likeness (QED) is 0.736. The first-order valence-corrected chi connectivity index (χ1v) is 6.69. The number of carbonyl (C=O) groups excluding carboxylic acids is 1. The van der Waals surface area contributed by atoms with E-state index in [4.69, 9.17) is 5.11 Å². The number of carbonyl (C=O) groups is 2. The first-order valence-electron chi connectivity index (χ1n) is 6.69. The molecule has 1 aromatic heterocycles. The molecule has 0 radical (unpaired) electrons. The highest BCUT2D eigenvalue weighted by atomic mass is 16.4. The smallest absolute Gasteiger partial charge is 0.326 e. The number of benzene rings is 1. The van der Waals surface area contributed by atoms with Crippen molar-refractivity contribution in [3.8, 4) is 0 Å². The topological polar surface area (TPSA) is 104 Å². The van der Waals surface area contributed by atoms with Gasteiger partial charge in [0.1, 0.15) is 6.54 Å². The lowest BCUT2D eigenvalue weighted by Crippen LogP contribution is -2.37. The third-order valence-corrected chi connectivity index (χ3v) is 3.91. The van der Waals surface area contributed by atoms with Crippen molar-refractivity contribution in [2.24, 2.45) is 5.41 Å². The van der Waals surface area contributed by atoms with Crippen LogP contribution in [0.3, 0.4) is 0 Å². The van der Waals surface area contributed by atoms with Crippen molar-refractivity contribution in [1.82, 2.24) is 14.9 Å². The van der Waals surface area contributed by atoms with Gasteiger partial charge in [0.05, 0.1) is 16.4 Å². The lowest BCUT2D eigenvalue weighted by molar-refractivity contribution is -0.143. The van der Waals surface area contributed by atoms with E-state index in [1.807, 2.05) is 0 Å². The zero-order valence-electron chi connectivity index (χ0n) is 11.3. The van der Waals surface area contributed by atoms with Gasteiger partial charge in [0.15, 0.2) is 0 Å². The van der Waals surface area contributed by atoms with Gasteiger partial charge >= 0.3 is 11.7 Å². The molecule has 3 N–H and O–H groups in total. The standard InChI is InChI=1S/C14H15N3O4/c18-11(15-8-14(5-6-14)12(19)20)7-17-10-4-2-1-3-9(10)16-13(17)21/h1-4H,5-8H2,(H,15,18)(H,16,21)(H,19,20). The van der Waals surface area contributed by atoms with Crippen LogP contribution >= 0.6 is 0 Å². The van der Waals surface area contributed by atoms with Gasteiger partial charge in [-0.3, -0.25) is 14.2 Å². The Kier molecular flexibility index (Phi) is 3.04. The summed E-state index contributed by atoms with van der Waals surface area (Å²) in [5, 5.41) is 11.7. The van der Waals surface area contributed by atoms with Gasteiger partial charge in [-0.25, -0.2) is 4.79 Å². The molecule has 1 amide bonds. The minimum atomic E-state index is -0.882. The summed E-state index contributed by atoms with van der Waals surface area (Å²) in [6.07, 6.45) is 1.16. The van der Waals surface area contributed by atoms with Crippen LogP contribution in [-0.4, -0.2) is 33.1 Å². The largest absolute Gasteiger partial charge is 0.481 e. The van der Waals surface area contributed by atoms with Gasteiger partial charge in [-0.15, -0.1) is 0 Å². The van der Waals surface area contributed by atoms with Crippen LogP contribution in [-0.2, 0) is 16.1 Å². The predicted octanol–water partition coefficient (Wildman–Crippen LogP) is 0.311. The van der Waals surface area contributed by atoms with Crippen molar-refractivity contribution in [3.63, 3.8) is 0 Å².